The topological polar surface area (TPSA) is 153 Å². The second-order valence-electron chi connectivity index (χ2n) is 9.91. The number of carboxylic acids is 1. The molecule has 2 aromatic rings. The third-order valence-corrected chi connectivity index (χ3v) is 8.81. The summed E-state index contributed by atoms with van der Waals surface area (Å²) >= 11 is 6.00. The smallest absolute Gasteiger partial charge is 0.303 e. The van der Waals surface area contributed by atoms with E-state index in [0.717, 1.165) is 5.39 Å². The second-order valence-corrected chi connectivity index (χ2v) is 12.1. The summed E-state index contributed by atoms with van der Waals surface area (Å²) in [5.41, 5.74) is 0. The van der Waals surface area contributed by atoms with E-state index in [9.17, 15) is 27.6 Å². The van der Waals surface area contributed by atoms with Crippen molar-refractivity contribution in [2.45, 2.75) is 62.0 Å². The highest BCUT2D eigenvalue weighted by atomic mass is 35.5. The molecule has 3 amide bonds. The Morgan fingerprint density at radius 2 is 1.79 bits per heavy atom. The van der Waals surface area contributed by atoms with Gasteiger partial charge in [0.1, 0.15) is 12.1 Å². The summed E-state index contributed by atoms with van der Waals surface area (Å²) in [5, 5.41) is 13.5. The maximum atomic E-state index is 13.2. The fraction of sp³-hybridized carbons (Fsp3) is 0.462. The highest BCUT2D eigenvalue weighted by molar-refractivity contribution is 7.89. The van der Waals surface area contributed by atoms with Gasteiger partial charge in [0.2, 0.25) is 27.7 Å². The number of halogens is 1. The molecule has 39 heavy (non-hydrogen) atoms. The molecule has 13 heteroatoms. The monoisotopic (exact) mass is 578 g/mol. The van der Waals surface area contributed by atoms with Gasteiger partial charge in [-0.15, -0.1) is 0 Å². The molecule has 0 saturated carbocycles. The van der Waals surface area contributed by atoms with Crippen molar-refractivity contribution in [2.24, 2.45) is 0 Å². The number of carboxylic acid groups (broad SMARTS) is 1. The van der Waals surface area contributed by atoms with E-state index >= 15 is 0 Å². The van der Waals surface area contributed by atoms with Crippen LogP contribution in [0.5, 0.6) is 0 Å². The molecule has 2 saturated heterocycles. The number of piperidine rings is 1. The van der Waals surface area contributed by atoms with Crippen LogP contribution in [0.3, 0.4) is 0 Å². The van der Waals surface area contributed by atoms with Crippen molar-refractivity contribution in [3.63, 3.8) is 0 Å². The lowest BCUT2D eigenvalue weighted by atomic mass is 10.0. The standard InChI is InChI=1S/C26H31ClN4O7S/c1-16(25(35)30-11-2-3-20(15-30)28-23(32)8-9-24(33)34)31-12-10-22(26(31)36)29-39(37,38)21-7-5-17-13-19(27)6-4-18(17)14-21/h4-7,13-14,16,20,22,29H,2-3,8-12,15H2,1H3,(H,28,32)(H,33,34). The average molecular weight is 579 g/mol. The van der Waals surface area contributed by atoms with E-state index in [1.165, 1.54) is 17.0 Å². The minimum absolute atomic E-state index is 0.0254. The number of rotatable bonds is 9. The van der Waals surface area contributed by atoms with E-state index in [1.807, 2.05) is 0 Å². The predicted molar refractivity (Wildman–Crippen MR) is 143 cm³/mol. The molecule has 3 atom stereocenters. The fourth-order valence-electron chi connectivity index (χ4n) is 5.03. The number of amides is 3. The molecule has 2 aromatic carbocycles. The van der Waals surface area contributed by atoms with Gasteiger partial charge in [0.15, 0.2) is 0 Å². The Kier molecular flexibility index (Phi) is 8.77. The van der Waals surface area contributed by atoms with Crippen molar-refractivity contribution in [1.82, 2.24) is 19.8 Å². The van der Waals surface area contributed by atoms with Crippen LogP contribution in [0.15, 0.2) is 41.3 Å². The van der Waals surface area contributed by atoms with Gasteiger partial charge in [0, 0.05) is 37.1 Å². The first kappa shape index (κ1) is 28.8. The lowest BCUT2D eigenvalue weighted by Crippen LogP contribution is -2.55. The van der Waals surface area contributed by atoms with Crippen LogP contribution in [0.1, 0.15) is 39.0 Å². The normalized spacial score (nSPS) is 20.7. The van der Waals surface area contributed by atoms with Crippen LogP contribution in [0.4, 0.5) is 0 Å². The second kappa shape index (κ2) is 11.9. The number of nitrogens with one attached hydrogen (secondary N) is 2. The Bertz CT molecular complexity index is 1400. The average Bonchev–Trinajstić information content (AvgIpc) is 3.25. The van der Waals surface area contributed by atoms with Gasteiger partial charge in [-0.25, -0.2) is 8.42 Å². The molecule has 0 aliphatic carbocycles. The number of benzene rings is 2. The molecule has 3 unspecified atom stereocenters. The predicted octanol–water partition coefficient (Wildman–Crippen LogP) is 1.73. The van der Waals surface area contributed by atoms with Crippen LogP contribution < -0.4 is 10.0 Å². The third-order valence-electron chi connectivity index (χ3n) is 7.11. The molecule has 2 fully saturated rings. The van der Waals surface area contributed by atoms with Crippen molar-refractivity contribution < 1.29 is 32.7 Å². The van der Waals surface area contributed by atoms with Crippen LogP contribution in [0.2, 0.25) is 5.02 Å². The Morgan fingerprint density at radius 1 is 1.08 bits per heavy atom. The van der Waals surface area contributed by atoms with Crippen LogP contribution in [-0.4, -0.2) is 84.8 Å². The first-order valence-corrected chi connectivity index (χ1v) is 14.6. The van der Waals surface area contributed by atoms with Gasteiger partial charge in [-0.1, -0.05) is 23.7 Å². The first-order chi connectivity index (χ1) is 18.4. The number of hydrogen-bond donors (Lipinski definition) is 3. The molecule has 0 bridgehead atoms. The van der Waals surface area contributed by atoms with Gasteiger partial charge in [0.05, 0.1) is 11.3 Å². The number of carbonyl (C=O) groups excluding carboxylic acids is 3. The summed E-state index contributed by atoms with van der Waals surface area (Å²) in [6.07, 6.45) is 1.13. The molecule has 0 aromatic heterocycles. The fourth-order valence-corrected chi connectivity index (χ4v) is 6.47. The van der Waals surface area contributed by atoms with Gasteiger partial charge in [-0.2, -0.15) is 4.72 Å². The third kappa shape index (κ3) is 6.87. The molecular weight excluding hydrogens is 548 g/mol. The molecule has 4 rings (SSSR count). The highest BCUT2D eigenvalue weighted by Crippen LogP contribution is 2.24. The van der Waals surface area contributed by atoms with Gasteiger partial charge in [-0.05, 0) is 61.2 Å². The molecule has 3 N–H and O–H groups in total. The molecule has 210 valence electrons. The van der Waals surface area contributed by atoms with Crippen LogP contribution in [-0.2, 0) is 29.2 Å². The summed E-state index contributed by atoms with van der Waals surface area (Å²) in [7, 11) is -4.00. The maximum absolute atomic E-state index is 13.2. The minimum atomic E-state index is -4.00. The quantitative estimate of drug-likeness (QED) is 0.409. The molecule has 0 radical (unpaired) electrons. The van der Waals surface area contributed by atoms with Gasteiger partial charge in [0.25, 0.3) is 0 Å². The van der Waals surface area contributed by atoms with Crippen molar-refractivity contribution in [3.05, 3.63) is 41.4 Å². The van der Waals surface area contributed by atoms with Gasteiger partial charge >= 0.3 is 5.97 Å². The molecule has 2 heterocycles. The zero-order valence-corrected chi connectivity index (χ0v) is 23.0. The Hall–Kier alpha value is -3.22. The van der Waals surface area contributed by atoms with Gasteiger partial charge in [-0.3, -0.25) is 19.2 Å². The number of nitrogens with zero attached hydrogens (tertiary/aromatic N) is 2. The van der Waals surface area contributed by atoms with E-state index in [0.29, 0.717) is 29.8 Å². The summed E-state index contributed by atoms with van der Waals surface area (Å²) in [6.45, 7) is 2.56. The molecule has 2 aliphatic heterocycles. The number of sulfonamides is 1. The summed E-state index contributed by atoms with van der Waals surface area (Å²) in [4.78, 5) is 52.1. The number of aliphatic carboxylic acids is 1. The van der Waals surface area contributed by atoms with E-state index in [4.69, 9.17) is 16.7 Å². The van der Waals surface area contributed by atoms with Crippen LogP contribution in [0.25, 0.3) is 10.8 Å². The summed E-state index contributed by atoms with van der Waals surface area (Å²) < 4.78 is 28.6. The first-order valence-electron chi connectivity index (χ1n) is 12.8. The highest BCUT2D eigenvalue weighted by Gasteiger charge is 2.40. The lowest BCUT2D eigenvalue weighted by Gasteiger charge is -2.36. The van der Waals surface area contributed by atoms with E-state index in [-0.39, 0.29) is 55.1 Å². The maximum Gasteiger partial charge on any atom is 0.303 e. The zero-order chi connectivity index (χ0) is 28.3. The van der Waals surface area contributed by atoms with Gasteiger partial charge < -0.3 is 20.2 Å². The molecule has 2 aliphatic rings. The van der Waals surface area contributed by atoms with Crippen LogP contribution in [0, 0.1) is 0 Å². The Labute approximate surface area is 231 Å². The van der Waals surface area contributed by atoms with E-state index in [2.05, 4.69) is 10.0 Å². The van der Waals surface area contributed by atoms with E-state index < -0.39 is 34.0 Å². The van der Waals surface area contributed by atoms with Crippen molar-refractivity contribution in [1.29, 1.82) is 0 Å². The molecular formula is C26H31ClN4O7S. The Morgan fingerprint density at radius 3 is 2.54 bits per heavy atom. The van der Waals surface area contributed by atoms with Crippen LogP contribution >= 0.6 is 11.6 Å². The molecule has 11 nitrogen and oxygen atoms in total. The Balaban J connectivity index is 1.36. The minimum Gasteiger partial charge on any atom is -0.481 e. The number of likely N-dealkylation sites (tertiary alicyclic amines) is 2. The number of hydrogen-bond acceptors (Lipinski definition) is 6. The zero-order valence-electron chi connectivity index (χ0n) is 21.4. The number of fused-ring (bicyclic) bond motifs is 1. The summed E-state index contributed by atoms with van der Waals surface area (Å²) in [6, 6.07) is 7.65. The molecule has 0 spiro atoms. The van der Waals surface area contributed by atoms with Crippen molar-refractivity contribution in [3.8, 4) is 0 Å². The van der Waals surface area contributed by atoms with Crippen molar-refractivity contribution in [2.75, 3.05) is 19.6 Å². The largest absolute Gasteiger partial charge is 0.481 e. The SMILES string of the molecule is CC(C(=O)N1CCCC(NC(=O)CCC(=O)O)C1)N1CCC(NS(=O)(=O)c2ccc3cc(Cl)ccc3c2)C1=O. The lowest BCUT2D eigenvalue weighted by molar-refractivity contribution is -0.144. The summed E-state index contributed by atoms with van der Waals surface area (Å²) in [5.74, 6) is -2.20. The van der Waals surface area contributed by atoms with Crippen molar-refractivity contribution >= 4 is 56.1 Å². The van der Waals surface area contributed by atoms with E-state index in [1.54, 1.807) is 36.1 Å². The number of carbonyl (C=O) groups is 4.